The van der Waals surface area contributed by atoms with Crippen molar-refractivity contribution in [3.05, 3.63) is 41.6 Å². The molecule has 1 saturated heterocycles. The van der Waals surface area contributed by atoms with E-state index in [2.05, 4.69) is 10.5 Å². The first-order chi connectivity index (χ1) is 16.2. The minimum absolute atomic E-state index is 0.00956. The van der Waals surface area contributed by atoms with Crippen molar-refractivity contribution >= 4 is 11.8 Å². The predicted octanol–water partition coefficient (Wildman–Crippen LogP) is 3.41. The fraction of sp³-hybridized carbons (Fsp3) is 0.542. The summed E-state index contributed by atoms with van der Waals surface area (Å²) in [6.45, 7) is 0.927. The number of amides is 2. The molecule has 1 saturated carbocycles. The van der Waals surface area contributed by atoms with Crippen LogP contribution in [0.4, 0.5) is 13.2 Å². The molecule has 4 rings (SSSR count). The van der Waals surface area contributed by atoms with Crippen molar-refractivity contribution in [3.8, 4) is 11.3 Å². The van der Waals surface area contributed by atoms with Crippen LogP contribution in [0, 0.1) is 17.6 Å². The largest absolute Gasteiger partial charge is 0.355 e. The summed E-state index contributed by atoms with van der Waals surface area (Å²) in [7, 11) is 3.31. The van der Waals surface area contributed by atoms with Crippen LogP contribution in [0.5, 0.6) is 0 Å². The Morgan fingerprint density at radius 3 is 2.62 bits per heavy atom. The smallest absolute Gasteiger partial charge is 0.273 e. The highest BCUT2D eigenvalue weighted by Gasteiger charge is 2.41. The van der Waals surface area contributed by atoms with Crippen LogP contribution in [0.3, 0.4) is 0 Å². The number of aromatic nitrogens is 1. The molecule has 4 atom stereocenters. The zero-order chi connectivity index (χ0) is 24.4. The molecule has 1 N–H and O–H groups in total. The Morgan fingerprint density at radius 2 is 1.91 bits per heavy atom. The fourth-order valence-electron chi connectivity index (χ4n) is 4.95. The average Bonchev–Trinajstić information content (AvgIpc) is 3.29. The van der Waals surface area contributed by atoms with Gasteiger partial charge in [0.2, 0.25) is 5.91 Å². The highest BCUT2D eigenvalue weighted by atomic mass is 19.1. The number of likely N-dealkylation sites (tertiary alicyclic amines) is 1. The SMILES string of the molecule is CN(C)C(=O)C1CN(C2CCCCC2F)CCC1NC(=O)c1cc(-c2ccc(F)cc2F)on1. The zero-order valence-corrected chi connectivity index (χ0v) is 19.3. The van der Waals surface area contributed by atoms with Crippen LogP contribution in [0.15, 0.2) is 28.8 Å². The van der Waals surface area contributed by atoms with Crippen molar-refractivity contribution in [3.63, 3.8) is 0 Å². The van der Waals surface area contributed by atoms with Crippen molar-refractivity contribution in [2.45, 2.75) is 50.4 Å². The molecular formula is C24H29F3N4O3. The van der Waals surface area contributed by atoms with Crippen molar-refractivity contribution < 1.29 is 27.3 Å². The Balaban J connectivity index is 1.48. The molecule has 0 spiro atoms. The molecule has 1 aromatic heterocycles. The molecule has 2 heterocycles. The second-order valence-corrected chi connectivity index (χ2v) is 9.27. The molecule has 0 radical (unpaired) electrons. The van der Waals surface area contributed by atoms with Crippen LogP contribution in [0.25, 0.3) is 11.3 Å². The Bertz CT molecular complexity index is 1040. The van der Waals surface area contributed by atoms with Gasteiger partial charge in [-0.25, -0.2) is 13.2 Å². The molecule has 2 aliphatic rings. The minimum Gasteiger partial charge on any atom is -0.355 e. The predicted molar refractivity (Wildman–Crippen MR) is 119 cm³/mol. The topological polar surface area (TPSA) is 78.7 Å². The number of piperidine rings is 1. The van der Waals surface area contributed by atoms with Crippen molar-refractivity contribution in [1.82, 2.24) is 20.3 Å². The fourth-order valence-corrected chi connectivity index (χ4v) is 4.95. The summed E-state index contributed by atoms with van der Waals surface area (Å²) in [4.78, 5) is 29.3. The molecule has 4 unspecified atom stereocenters. The zero-order valence-electron chi connectivity index (χ0n) is 19.3. The van der Waals surface area contributed by atoms with Gasteiger partial charge in [0.25, 0.3) is 5.91 Å². The molecule has 10 heteroatoms. The lowest BCUT2D eigenvalue weighted by atomic mass is 9.86. The Kier molecular flexibility index (Phi) is 7.25. The van der Waals surface area contributed by atoms with Gasteiger partial charge in [-0.15, -0.1) is 0 Å². The Morgan fingerprint density at radius 1 is 1.15 bits per heavy atom. The van der Waals surface area contributed by atoms with Crippen LogP contribution in [0.1, 0.15) is 42.6 Å². The lowest BCUT2D eigenvalue weighted by Gasteiger charge is -2.44. The average molecular weight is 479 g/mol. The molecule has 1 aromatic carbocycles. The standard InChI is InChI=1S/C24H29F3N4O3/c1-30(2)24(33)16-13-31(21-6-4-3-5-17(21)26)10-9-19(16)28-23(32)20-12-22(34-29-20)15-8-7-14(25)11-18(15)27/h7-8,11-12,16-17,19,21H,3-6,9-10,13H2,1-2H3,(H,28,32). The van der Waals surface area contributed by atoms with Gasteiger partial charge in [-0.1, -0.05) is 18.0 Å². The normalized spacial score (nSPS) is 25.7. The van der Waals surface area contributed by atoms with Gasteiger partial charge in [-0.3, -0.25) is 14.5 Å². The summed E-state index contributed by atoms with van der Waals surface area (Å²) < 4.78 is 46.9. The quantitative estimate of drug-likeness (QED) is 0.713. The van der Waals surface area contributed by atoms with Gasteiger partial charge >= 0.3 is 0 Å². The van der Waals surface area contributed by atoms with Crippen LogP contribution in [0.2, 0.25) is 0 Å². The first-order valence-electron chi connectivity index (χ1n) is 11.6. The van der Waals surface area contributed by atoms with Crippen LogP contribution in [-0.2, 0) is 4.79 Å². The second kappa shape index (κ2) is 10.2. The van der Waals surface area contributed by atoms with E-state index >= 15 is 0 Å². The molecule has 34 heavy (non-hydrogen) atoms. The summed E-state index contributed by atoms with van der Waals surface area (Å²) in [5.74, 6) is -2.81. The van der Waals surface area contributed by atoms with E-state index in [1.54, 1.807) is 14.1 Å². The van der Waals surface area contributed by atoms with Crippen LogP contribution in [-0.4, -0.2) is 72.2 Å². The molecule has 2 aromatic rings. The number of carbonyl (C=O) groups excluding carboxylic acids is 2. The van der Waals surface area contributed by atoms with Crippen LogP contribution < -0.4 is 5.32 Å². The highest BCUT2D eigenvalue weighted by molar-refractivity contribution is 5.94. The van der Waals surface area contributed by atoms with Gasteiger partial charge in [0, 0.05) is 51.4 Å². The van der Waals surface area contributed by atoms with Gasteiger partial charge in [-0.2, -0.15) is 0 Å². The summed E-state index contributed by atoms with van der Waals surface area (Å²) in [5.41, 5.74) is -0.0940. The number of benzene rings is 1. The Hall–Kier alpha value is -2.88. The Labute approximate surface area is 196 Å². The lowest BCUT2D eigenvalue weighted by molar-refractivity contribution is -0.136. The molecule has 184 valence electrons. The summed E-state index contributed by atoms with van der Waals surface area (Å²) in [6.07, 6.45) is 2.73. The van der Waals surface area contributed by atoms with Gasteiger partial charge in [0.05, 0.1) is 11.5 Å². The van der Waals surface area contributed by atoms with E-state index in [1.165, 1.54) is 17.0 Å². The maximum atomic E-state index is 14.6. The van der Waals surface area contributed by atoms with Gasteiger partial charge in [-0.05, 0) is 31.4 Å². The van der Waals surface area contributed by atoms with E-state index < -0.39 is 35.7 Å². The number of alkyl halides is 1. The second-order valence-electron chi connectivity index (χ2n) is 9.27. The summed E-state index contributed by atoms with van der Waals surface area (Å²) >= 11 is 0. The maximum Gasteiger partial charge on any atom is 0.273 e. The third kappa shape index (κ3) is 5.11. The monoisotopic (exact) mass is 478 g/mol. The van der Waals surface area contributed by atoms with E-state index in [0.717, 1.165) is 31.4 Å². The number of hydrogen-bond donors (Lipinski definition) is 1. The van der Waals surface area contributed by atoms with E-state index in [4.69, 9.17) is 4.52 Å². The molecule has 2 fully saturated rings. The number of nitrogens with one attached hydrogen (secondary N) is 1. The van der Waals surface area contributed by atoms with E-state index in [-0.39, 0.29) is 29.0 Å². The van der Waals surface area contributed by atoms with Crippen molar-refractivity contribution in [2.24, 2.45) is 5.92 Å². The van der Waals surface area contributed by atoms with E-state index in [9.17, 15) is 22.8 Å². The van der Waals surface area contributed by atoms with Crippen molar-refractivity contribution in [2.75, 3.05) is 27.2 Å². The lowest BCUT2D eigenvalue weighted by Crippen LogP contribution is -2.59. The highest BCUT2D eigenvalue weighted by Crippen LogP contribution is 2.30. The van der Waals surface area contributed by atoms with Crippen LogP contribution >= 0.6 is 0 Å². The minimum atomic E-state index is -0.907. The first-order valence-corrected chi connectivity index (χ1v) is 11.6. The van der Waals surface area contributed by atoms with Gasteiger partial charge in [0.1, 0.15) is 17.8 Å². The number of hydrogen-bond acceptors (Lipinski definition) is 5. The molecule has 1 aliphatic carbocycles. The first kappa shape index (κ1) is 24.3. The van der Waals surface area contributed by atoms with Gasteiger partial charge in [0.15, 0.2) is 11.5 Å². The molecule has 0 bridgehead atoms. The number of carbonyl (C=O) groups is 2. The van der Waals surface area contributed by atoms with Gasteiger partial charge < -0.3 is 14.7 Å². The molecule has 2 amide bonds. The molecule has 7 nitrogen and oxygen atoms in total. The summed E-state index contributed by atoms with van der Waals surface area (Å²) in [6, 6.07) is 3.61. The van der Waals surface area contributed by atoms with E-state index in [0.29, 0.717) is 25.9 Å². The number of nitrogens with zero attached hydrogens (tertiary/aromatic N) is 3. The molecule has 1 aliphatic heterocycles. The maximum absolute atomic E-state index is 14.6. The summed E-state index contributed by atoms with van der Waals surface area (Å²) in [5, 5.41) is 6.58. The van der Waals surface area contributed by atoms with Crippen molar-refractivity contribution in [1.29, 1.82) is 0 Å². The van der Waals surface area contributed by atoms with E-state index in [1.807, 2.05) is 4.90 Å². The third-order valence-electron chi connectivity index (χ3n) is 6.77. The third-order valence-corrected chi connectivity index (χ3v) is 6.77. The number of halogens is 3. The molecular weight excluding hydrogens is 449 g/mol. The number of rotatable bonds is 5.